The van der Waals surface area contributed by atoms with Crippen LogP contribution in [0.1, 0.15) is 60.0 Å². The number of fused-ring (bicyclic) bond motifs is 3. The Morgan fingerprint density at radius 2 is 1.74 bits per heavy atom. The van der Waals surface area contributed by atoms with E-state index in [1.165, 1.54) is 34.6 Å². The zero-order valence-electron chi connectivity index (χ0n) is 19.7. The van der Waals surface area contributed by atoms with Gasteiger partial charge < -0.3 is 0 Å². The predicted octanol–water partition coefficient (Wildman–Crippen LogP) is 5.58. The number of thiazole rings is 1. The SMILES string of the molecule is CC(C)c1ccc(C=c2sc3n(c2=O)C(c2ccc(F)cc2)C2=C(N=3)c3ccccc3CC2)cc1. The lowest BCUT2D eigenvalue weighted by atomic mass is 9.83. The van der Waals surface area contributed by atoms with Crippen molar-refractivity contribution in [3.05, 3.63) is 132 Å². The fraction of sp³-hybridized carbons (Fsp3) is 0.200. The zero-order valence-corrected chi connectivity index (χ0v) is 20.5. The van der Waals surface area contributed by atoms with E-state index in [-0.39, 0.29) is 17.4 Å². The van der Waals surface area contributed by atoms with Gasteiger partial charge in [0, 0.05) is 5.56 Å². The third-order valence-corrected chi connectivity index (χ3v) is 7.94. The molecule has 1 aromatic heterocycles. The maximum absolute atomic E-state index is 13.8. The fourth-order valence-corrected chi connectivity index (χ4v) is 6.10. The molecule has 0 spiro atoms. The van der Waals surface area contributed by atoms with Crippen molar-refractivity contribution in [1.82, 2.24) is 4.57 Å². The summed E-state index contributed by atoms with van der Waals surface area (Å²) in [6, 6.07) is 22.9. The number of allylic oxidation sites excluding steroid dienone is 1. The highest BCUT2D eigenvalue weighted by Crippen LogP contribution is 2.41. The number of hydrogen-bond acceptors (Lipinski definition) is 3. The van der Waals surface area contributed by atoms with Crippen molar-refractivity contribution < 1.29 is 4.39 Å². The van der Waals surface area contributed by atoms with Gasteiger partial charge in [0.2, 0.25) is 0 Å². The average Bonchev–Trinajstić information content (AvgIpc) is 3.18. The molecular formula is C30H25FN2OS. The molecule has 2 heterocycles. The first kappa shape index (κ1) is 21.9. The Labute approximate surface area is 207 Å². The lowest BCUT2D eigenvalue weighted by Crippen LogP contribution is -2.38. The minimum absolute atomic E-state index is 0.0542. The Balaban J connectivity index is 1.57. The minimum atomic E-state index is -0.291. The van der Waals surface area contributed by atoms with Crippen LogP contribution in [0.2, 0.25) is 0 Å². The van der Waals surface area contributed by atoms with E-state index in [0.29, 0.717) is 15.3 Å². The van der Waals surface area contributed by atoms with Crippen LogP contribution >= 0.6 is 11.3 Å². The molecule has 0 radical (unpaired) electrons. The van der Waals surface area contributed by atoms with E-state index in [9.17, 15) is 9.18 Å². The molecule has 1 aliphatic heterocycles. The topological polar surface area (TPSA) is 34.4 Å². The van der Waals surface area contributed by atoms with Crippen molar-refractivity contribution in [2.24, 2.45) is 4.99 Å². The molecular weight excluding hydrogens is 455 g/mol. The van der Waals surface area contributed by atoms with E-state index in [0.717, 1.165) is 40.8 Å². The third-order valence-electron chi connectivity index (χ3n) is 6.96. The molecule has 2 aliphatic rings. The van der Waals surface area contributed by atoms with Crippen LogP contribution in [0.4, 0.5) is 4.39 Å². The molecule has 0 bridgehead atoms. The van der Waals surface area contributed by atoms with Crippen LogP contribution in [0.5, 0.6) is 0 Å². The average molecular weight is 481 g/mol. The Morgan fingerprint density at radius 3 is 2.49 bits per heavy atom. The fourth-order valence-electron chi connectivity index (χ4n) is 5.10. The Kier molecular flexibility index (Phi) is 5.37. The second-order valence-corrected chi connectivity index (χ2v) is 10.5. The number of hydrogen-bond donors (Lipinski definition) is 0. The molecule has 0 N–H and O–H groups in total. The van der Waals surface area contributed by atoms with E-state index >= 15 is 0 Å². The van der Waals surface area contributed by atoms with Gasteiger partial charge in [-0.1, -0.05) is 85.8 Å². The normalized spacial score (nSPS) is 17.1. The van der Waals surface area contributed by atoms with Crippen LogP contribution in [0.25, 0.3) is 11.8 Å². The summed E-state index contributed by atoms with van der Waals surface area (Å²) in [5.74, 6) is 0.175. The molecule has 4 aromatic rings. The van der Waals surface area contributed by atoms with E-state index in [1.807, 2.05) is 12.1 Å². The van der Waals surface area contributed by atoms with E-state index < -0.39 is 0 Å². The molecule has 5 heteroatoms. The maximum Gasteiger partial charge on any atom is 0.271 e. The number of rotatable bonds is 3. The van der Waals surface area contributed by atoms with Crippen molar-refractivity contribution in [2.45, 2.75) is 38.6 Å². The van der Waals surface area contributed by atoms with Crippen molar-refractivity contribution >= 4 is 23.1 Å². The van der Waals surface area contributed by atoms with Gasteiger partial charge in [0.25, 0.3) is 5.56 Å². The predicted molar refractivity (Wildman–Crippen MR) is 140 cm³/mol. The Hall–Kier alpha value is -3.57. The highest BCUT2D eigenvalue weighted by Gasteiger charge is 2.32. The first-order valence-electron chi connectivity index (χ1n) is 12.0. The largest absolute Gasteiger partial charge is 0.272 e. The van der Waals surface area contributed by atoms with Crippen LogP contribution in [0.3, 0.4) is 0 Å². The second-order valence-electron chi connectivity index (χ2n) is 9.49. The maximum atomic E-state index is 13.8. The van der Waals surface area contributed by atoms with E-state index in [1.54, 1.807) is 16.7 Å². The molecule has 0 amide bonds. The van der Waals surface area contributed by atoms with Gasteiger partial charge in [-0.2, -0.15) is 0 Å². The summed E-state index contributed by atoms with van der Waals surface area (Å²) in [5.41, 5.74) is 7.59. The van der Waals surface area contributed by atoms with Gasteiger partial charge in [-0.25, -0.2) is 9.38 Å². The van der Waals surface area contributed by atoms with Crippen LogP contribution in [-0.4, -0.2) is 4.57 Å². The second kappa shape index (κ2) is 8.58. The van der Waals surface area contributed by atoms with E-state index in [4.69, 9.17) is 4.99 Å². The molecule has 174 valence electrons. The van der Waals surface area contributed by atoms with Gasteiger partial charge >= 0.3 is 0 Å². The highest BCUT2D eigenvalue weighted by molar-refractivity contribution is 7.07. The van der Waals surface area contributed by atoms with Crippen LogP contribution in [0, 0.1) is 5.82 Å². The highest BCUT2D eigenvalue weighted by atomic mass is 32.1. The molecule has 3 nitrogen and oxygen atoms in total. The Morgan fingerprint density at radius 1 is 1.00 bits per heavy atom. The number of aromatic nitrogens is 1. The third kappa shape index (κ3) is 3.80. The zero-order chi connectivity index (χ0) is 24.1. The molecule has 3 aromatic carbocycles. The summed E-state index contributed by atoms with van der Waals surface area (Å²) in [6.45, 7) is 4.34. The summed E-state index contributed by atoms with van der Waals surface area (Å²) < 4.78 is 16.2. The number of halogens is 1. The number of aryl methyl sites for hydroxylation is 1. The van der Waals surface area contributed by atoms with Gasteiger partial charge in [-0.05, 0) is 64.8 Å². The molecule has 0 saturated carbocycles. The first-order valence-corrected chi connectivity index (χ1v) is 12.8. The molecule has 1 unspecified atom stereocenters. The van der Waals surface area contributed by atoms with Gasteiger partial charge in [0.05, 0.1) is 16.3 Å². The molecule has 1 aliphatic carbocycles. The standard InChI is InChI=1S/C30H25FN2OS/c1-18(2)20-9-7-19(8-10-20)17-26-29(34)33-28(22-11-14-23(31)15-12-22)25-16-13-21-5-3-4-6-24(21)27(25)32-30(33)35-26/h3-12,14-15,17-18,28H,13,16H2,1-2H3. The van der Waals surface area contributed by atoms with Crippen LogP contribution in [-0.2, 0) is 6.42 Å². The summed E-state index contributed by atoms with van der Waals surface area (Å²) in [4.78, 5) is 19.5. The van der Waals surface area contributed by atoms with E-state index in [2.05, 4.69) is 56.3 Å². The summed E-state index contributed by atoms with van der Waals surface area (Å²) in [5, 5.41) is 0. The van der Waals surface area contributed by atoms with Crippen LogP contribution < -0.4 is 14.9 Å². The molecule has 0 fully saturated rings. The smallest absolute Gasteiger partial charge is 0.271 e. The first-order chi connectivity index (χ1) is 17.0. The van der Waals surface area contributed by atoms with Gasteiger partial charge in [0.1, 0.15) is 5.82 Å². The molecule has 0 saturated heterocycles. The van der Waals surface area contributed by atoms with Gasteiger partial charge in [-0.15, -0.1) is 0 Å². The van der Waals surface area contributed by atoms with Crippen LogP contribution in [0.15, 0.2) is 88.2 Å². The lowest BCUT2D eigenvalue weighted by Gasteiger charge is -2.30. The molecule has 1 atom stereocenters. The van der Waals surface area contributed by atoms with Crippen molar-refractivity contribution in [3.63, 3.8) is 0 Å². The quantitative estimate of drug-likeness (QED) is 0.377. The number of nitrogens with zero attached hydrogens (tertiary/aromatic N) is 2. The summed E-state index contributed by atoms with van der Waals surface area (Å²) in [7, 11) is 0. The van der Waals surface area contributed by atoms with Crippen molar-refractivity contribution in [2.75, 3.05) is 0 Å². The number of benzene rings is 3. The van der Waals surface area contributed by atoms with Crippen molar-refractivity contribution in [1.29, 1.82) is 0 Å². The summed E-state index contributed by atoms with van der Waals surface area (Å²) >= 11 is 1.42. The minimum Gasteiger partial charge on any atom is -0.272 e. The molecule has 35 heavy (non-hydrogen) atoms. The molecule has 6 rings (SSSR count). The summed E-state index contributed by atoms with van der Waals surface area (Å²) in [6.07, 6.45) is 3.67. The lowest BCUT2D eigenvalue weighted by molar-refractivity contribution is 0.581. The Bertz CT molecular complexity index is 1640. The van der Waals surface area contributed by atoms with Gasteiger partial charge in [-0.3, -0.25) is 9.36 Å². The monoisotopic (exact) mass is 480 g/mol. The van der Waals surface area contributed by atoms with Gasteiger partial charge in [0.15, 0.2) is 4.80 Å². The van der Waals surface area contributed by atoms with Crippen molar-refractivity contribution in [3.8, 4) is 0 Å².